The molecule has 5 rings (SSSR count). The SMILES string of the molecule is Clc1ccc(-c2ccc(-c3nnnc(-c4cccc(-c5ccccc5)c4)n3)cc2)cc1. The van der Waals surface area contributed by atoms with E-state index < -0.39 is 0 Å². The Bertz CT molecular complexity index is 1320. The van der Waals surface area contributed by atoms with E-state index in [0.29, 0.717) is 11.6 Å². The van der Waals surface area contributed by atoms with E-state index in [2.05, 4.69) is 44.7 Å². The first-order chi connectivity index (χ1) is 15.3. The Hall–Kier alpha value is -3.89. The topological polar surface area (TPSA) is 51.6 Å². The molecule has 148 valence electrons. The van der Waals surface area contributed by atoms with Crippen molar-refractivity contribution in [1.82, 2.24) is 20.4 Å². The second-order valence-corrected chi connectivity index (χ2v) is 7.52. The van der Waals surface area contributed by atoms with Gasteiger partial charge < -0.3 is 0 Å². The van der Waals surface area contributed by atoms with E-state index in [0.717, 1.165) is 38.4 Å². The van der Waals surface area contributed by atoms with E-state index in [4.69, 9.17) is 11.6 Å². The van der Waals surface area contributed by atoms with Crippen LogP contribution in [0.2, 0.25) is 5.02 Å². The molecular formula is C26H17ClN4. The molecule has 1 aromatic heterocycles. The highest BCUT2D eigenvalue weighted by molar-refractivity contribution is 6.30. The second kappa shape index (κ2) is 8.46. The lowest BCUT2D eigenvalue weighted by Crippen LogP contribution is -1.99. The summed E-state index contributed by atoms with van der Waals surface area (Å²) in [6.45, 7) is 0. The van der Waals surface area contributed by atoms with Gasteiger partial charge in [0.15, 0.2) is 11.6 Å². The number of halogens is 1. The zero-order valence-electron chi connectivity index (χ0n) is 16.5. The molecule has 0 unspecified atom stereocenters. The van der Waals surface area contributed by atoms with E-state index in [1.807, 2.05) is 78.9 Å². The lowest BCUT2D eigenvalue weighted by molar-refractivity contribution is 0.834. The number of hydrogen-bond donors (Lipinski definition) is 0. The van der Waals surface area contributed by atoms with Gasteiger partial charge in [0.25, 0.3) is 0 Å². The van der Waals surface area contributed by atoms with Crippen molar-refractivity contribution in [2.45, 2.75) is 0 Å². The van der Waals surface area contributed by atoms with Crippen LogP contribution in [0.1, 0.15) is 0 Å². The summed E-state index contributed by atoms with van der Waals surface area (Å²) in [6.07, 6.45) is 0. The molecule has 0 saturated carbocycles. The number of rotatable bonds is 4. The van der Waals surface area contributed by atoms with E-state index >= 15 is 0 Å². The fourth-order valence-corrected chi connectivity index (χ4v) is 3.55. The van der Waals surface area contributed by atoms with Crippen molar-refractivity contribution >= 4 is 11.6 Å². The third-order valence-corrected chi connectivity index (χ3v) is 5.29. The van der Waals surface area contributed by atoms with Crippen LogP contribution in [0.25, 0.3) is 45.0 Å². The minimum Gasteiger partial charge on any atom is -0.204 e. The Morgan fingerprint density at radius 3 is 1.68 bits per heavy atom. The van der Waals surface area contributed by atoms with Gasteiger partial charge in [0.1, 0.15) is 0 Å². The van der Waals surface area contributed by atoms with Gasteiger partial charge in [-0.1, -0.05) is 96.5 Å². The molecule has 0 atom stereocenters. The maximum Gasteiger partial charge on any atom is 0.185 e. The minimum atomic E-state index is 0.540. The smallest absolute Gasteiger partial charge is 0.185 e. The monoisotopic (exact) mass is 420 g/mol. The van der Waals surface area contributed by atoms with Gasteiger partial charge in [-0.2, -0.15) is 0 Å². The first kappa shape index (κ1) is 19.1. The molecule has 0 spiro atoms. The number of nitrogens with zero attached hydrogens (tertiary/aromatic N) is 4. The molecular weight excluding hydrogens is 404 g/mol. The zero-order valence-corrected chi connectivity index (χ0v) is 17.2. The number of hydrogen-bond acceptors (Lipinski definition) is 4. The second-order valence-electron chi connectivity index (χ2n) is 7.08. The summed E-state index contributed by atoms with van der Waals surface area (Å²) in [5.74, 6) is 1.09. The Morgan fingerprint density at radius 2 is 0.968 bits per heavy atom. The summed E-state index contributed by atoms with van der Waals surface area (Å²) in [5.41, 5.74) is 6.22. The lowest BCUT2D eigenvalue weighted by atomic mass is 10.0. The van der Waals surface area contributed by atoms with Crippen molar-refractivity contribution in [3.05, 3.63) is 108 Å². The molecule has 31 heavy (non-hydrogen) atoms. The summed E-state index contributed by atoms with van der Waals surface area (Å²) >= 11 is 5.98. The van der Waals surface area contributed by atoms with E-state index in [1.165, 1.54) is 0 Å². The first-order valence-electron chi connectivity index (χ1n) is 9.86. The van der Waals surface area contributed by atoms with Gasteiger partial charge in [-0.25, -0.2) is 4.98 Å². The number of benzene rings is 4. The predicted molar refractivity (Wildman–Crippen MR) is 124 cm³/mol. The van der Waals surface area contributed by atoms with Crippen molar-refractivity contribution in [3.63, 3.8) is 0 Å². The van der Waals surface area contributed by atoms with Crippen molar-refractivity contribution in [2.75, 3.05) is 0 Å². The summed E-state index contributed by atoms with van der Waals surface area (Å²) in [4.78, 5) is 4.66. The van der Waals surface area contributed by atoms with Gasteiger partial charge in [0, 0.05) is 16.1 Å². The van der Waals surface area contributed by atoms with E-state index in [9.17, 15) is 0 Å². The molecule has 0 radical (unpaired) electrons. The van der Waals surface area contributed by atoms with Crippen molar-refractivity contribution in [3.8, 4) is 45.0 Å². The molecule has 0 N–H and O–H groups in total. The molecule has 0 bridgehead atoms. The fourth-order valence-electron chi connectivity index (χ4n) is 3.42. The van der Waals surface area contributed by atoms with Crippen LogP contribution >= 0.6 is 11.6 Å². The summed E-state index contributed by atoms with van der Waals surface area (Å²) in [6, 6.07) is 34.2. The molecule has 1 heterocycles. The molecule has 0 aliphatic carbocycles. The normalized spacial score (nSPS) is 10.7. The van der Waals surface area contributed by atoms with Crippen LogP contribution < -0.4 is 0 Å². The molecule has 0 aliphatic heterocycles. The highest BCUT2D eigenvalue weighted by Crippen LogP contribution is 2.27. The molecule has 0 saturated heterocycles. The molecule has 0 aliphatic rings. The average molecular weight is 421 g/mol. The van der Waals surface area contributed by atoms with Gasteiger partial charge in [-0.3, -0.25) is 0 Å². The predicted octanol–water partition coefficient (Wildman–Crippen LogP) is 6.59. The summed E-state index contributed by atoms with van der Waals surface area (Å²) in [7, 11) is 0. The largest absolute Gasteiger partial charge is 0.204 e. The molecule has 0 fully saturated rings. The van der Waals surface area contributed by atoms with E-state index in [-0.39, 0.29) is 0 Å². The van der Waals surface area contributed by atoms with Gasteiger partial charge in [0.05, 0.1) is 0 Å². The van der Waals surface area contributed by atoms with Gasteiger partial charge in [-0.15, -0.1) is 10.2 Å². The lowest BCUT2D eigenvalue weighted by Gasteiger charge is -2.06. The average Bonchev–Trinajstić information content (AvgIpc) is 2.85. The Labute approximate surface area is 185 Å². The molecule has 4 aromatic carbocycles. The summed E-state index contributed by atoms with van der Waals surface area (Å²) in [5, 5.41) is 13.0. The third-order valence-electron chi connectivity index (χ3n) is 5.04. The third kappa shape index (κ3) is 4.20. The van der Waals surface area contributed by atoms with Crippen molar-refractivity contribution in [1.29, 1.82) is 0 Å². The van der Waals surface area contributed by atoms with Crippen LogP contribution in [-0.4, -0.2) is 20.4 Å². The maximum absolute atomic E-state index is 5.98. The van der Waals surface area contributed by atoms with Crippen LogP contribution in [-0.2, 0) is 0 Å². The van der Waals surface area contributed by atoms with Crippen LogP contribution in [0.15, 0.2) is 103 Å². The standard InChI is InChI=1S/C26H17ClN4/c27-24-15-13-20(14-16-24)19-9-11-21(12-10-19)25-28-26(30-31-29-25)23-8-4-7-22(17-23)18-5-2-1-3-6-18/h1-17H. The van der Waals surface area contributed by atoms with Gasteiger partial charge in [-0.05, 0) is 45.7 Å². The Balaban J connectivity index is 1.45. The van der Waals surface area contributed by atoms with Crippen LogP contribution in [0, 0.1) is 0 Å². The van der Waals surface area contributed by atoms with Crippen LogP contribution in [0.5, 0.6) is 0 Å². The molecule has 0 amide bonds. The zero-order chi connectivity index (χ0) is 21.0. The highest BCUT2D eigenvalue weighted by Gasteiger charge is 2.09. The van der Waals surface area contributed by atoms with Crippen molar-refractivity contribution < 1.29 is 0 Å². The molecule has 5 heteroatoms. The molecule has 5 aromatic rings. The Kier molecular flexibility index (Phi) is 5.21. The van der Waals surface area contributed by atoms with Crippen molar-refractivity contribution in [2.24, 2.45) is 0 Å². The Morgan fingerprint density at radius 1 is 0.452 bits per heavy atom. The molecule has 4 nitrogen and oxygen atoms in total. The van der Waals surface area contributed by atoms with Crippen LogP contribution in [0.4, 0.5) is 0 Å². The highest BCUT2D eigenvalue weighted by atomic mass is 35.5. The maximum atomic E-state index is 5.98. The van der Waals surface area contributed by atoms with E-state index in [1.54, 1.807) is 0 Å². The van der Waals surface area contributed by atoms with Gasteiger partial charge >= 0.3 is 0 Å². The minimum absolute atomic E-state index is 0.540. The first-order valence-corrected chi connectivity index (χ1v) is 10.2. The quantitative estimate of drug-likeness (QED) is 0.329. The fraction of sp³-hybridized carbons (Fsp3) is 0. The number of aromatic nitrogens is 4. The summed E-state index contributed by atoms with van der Waals surface area (Å²) < 4.78 is 0. The van der Waals surface area contributed by atoms with Crippen LogP contribution in [0.3, 0.4) is 0 Å². The van der Waals surface area contributed by atoms with Gasteiger partial charge in [0.2, 0.25) is 0 Å².